The summed E-state index contributed by atoms with van der Waals surface area (Å²) in [5, 5.41) is 24.9. The maximum Gasteiger partial charge on any atom is 0.295 e. The lowest BCUT2D eigenvalue weighted by Crippen LogP contribution is -2.51. The summed E-state index contributed by atoms with van der Waals surface area (Å²) in [6.07, 6.45) is 3.35. The maximum atomic E-state index is 14.9. The van der Waals surface area contributed by atoms with Gasteiger partial charge in [0.25, 0.3) is 11.6 Å². The number of likely N-dealkylation sites (tertiary alicyclic amines) is 1. The van der Waals surface area contributed by atoms with E-state index >= 15 is 0 Å². The Kier molecular flexibility index (Phi) is 4.75. The van der Waals surface area contributed by atoms with Crippen LogP contribution in [0.4, 0.5) is 8.78 Å². The molecular weight excluding hydrogens is 435 g/mol. The molecule has 0 saturated carbocycles. The van der Waals surface area contributed by atoms with Crippen molar-refractivity contribution in [2.24, 2.45) is 13.0 Å². The molecule has 2 aromatic carbocycles. The molecule has 166 valence electrons. The minimum Gasteiger partial charge on any atom is -0.396 e. The monoisotopic (exact) mass is 457 g/mol. The summed E-state index contributed by atoms with van der Waals surface area (Å²) >= 11 is 0. The van der Waals surface area contributed by atoms with Crippen LogP contribution in [0, 0.1) is 5.92 Å². The van der Waals surface area contributed by atoms with Crippen LogP contribution in [0.1, 0.15) is 21.5 Å². The van der Waals surface area contributed by atoms with Crippen molar-refractivity contribution in [1.29, 1.82) is 0 Å². The zero-order valence-electron chi connectivity index (χ0n) is 17.3. The summed E-state index contributed by atoms with van der Waals surface area (Å²) in [5.74, 6) is -0.309. The second-order valence-corrected chi connectivity index (χ2v) is 9.21. The van der Waals surface area contributed by atoms with Gasteiger partial charge in [0, 0.05) is 61.1 Å². The number of halogens is 2. The van der Waals surface area contributed by atoms with Gasteiger partial charge in [0.15, 0.2) is 5.60 Å². The molecule has 1 saturated heterocycles. The Morgan fingerprint density at radius 3 is 2.59 bits per heavy atom. The lowest BCUT2D eigenvalue weighted by atomic mass is 9.87. The second kappa shape index (κ2) is 7.17. The number of aliphatic hydroxyl groups is 2. The van der Waals surface area contributed by atoms with Crippen LogP contribution in [0.3, 0.4) is 0 Å². The fraction of sp³-hybridized carbons (Fsp3) is 0.304. The minimum atomic E-state index is -3.58. The zero-order chi connectivity index (χ0) is 22.8. The Morgan fingerprint density at radius 1 is 1.25 bits per heavy atom. The fourth-order valence-corrected chi connectivity index (χ4v) is 4.99. The van der Waals surface area contributed by atoms with Crippen LogP contribution in [0.2, 0.25) is 0 Å². The van der Waals surface area contributed by atoms with Crippen molar-refractivity contribution < 1.29 is 23.8 Å². The highest BCUT2D eigenvalue weighted by molar-refractivity contribution is 7.18. The number of hydrogen-bond donors (Lipinski definition) is 2. The molecule has 2 heterocycles. The Bertz CT molecular complexity index is 1230. The van der Waals surface area contributed by atoms with Crippen molar-refractivity contribution in [3.8, 4) is 22.3 Å². The third-order valence-corrected chi connectivity index (χ3v) is 6.78. The van der Waals surface area contributed by atoms with E-state index in [1.807, 2.05) is 0 Å². The largest absolute Gasteiger partial charge is 0.396 e. The fourth-order valence-electron chi connectivity index (χ4n) is 4.68. The third kappa shape index (κ3) is 2.94. The first kappa shape index (κ1) is 21.2. The molecule has 1 aliphatic carbocycles. The van der Waals surface area contributed by atoms with Gasteiger partial charge in [-0.05, 0) is 28.8 Å². The molecule has 0 spiro atoms. The van der Waals surface area contributed by atoms with Gasteiger partial charge >= 0.3 is 0 Å². The van der Waals surface area contributed by atoms with Crippen LogP contribution in [-0.2, 0) is 12.6 Å². The molecule has 0 radical (unpaired) electrons. The lowest BCUT2D eigenvalue weighted by Gasteiger charge is -2.38. The van der Waals surface area contributed by atoms with Gasteiger partial charge < -0.3 is 15.1 Å². The summed E-state index contributed by atoms with van der Waals surface area (Å²) in [4.78, 5) is 14.7. The number of benzene rings is 2. The SMILES string of the molecule is Cn1cc(-c2cc(C(=O)N3CC(CO)C3)cc3c2-c2ccccc2C3(O)C(F)(F)P)cn1. The van der Waals surface area contributed by atoms with Crippen molar-refractivity contribution in [2.75, 3.05) is 19.7 Å². The first-order valence-corrected chi connectivity index (χ1v) is 10.8. The highest BCUT2D eigenvalue weighted by Gasteiger charge is 2.57. The number of hydrogen-bond acceptors (Lipinski definition) is 4. The number of nitrogens with zero attached hydrogens (tertiary/aromatic N) is 3. The van der Waals surface area contributed by atoms with Crippen LogP contribution in [0.15, 0.2) is 48.8 Å². The maximum absolute atomic E-state index is 14.9. The number of carbonyl (C=O) groups is 1. The lowest BCUT2D eigenvalue weighted by molar-refractivity contribution is -0.0964. The van der Waals surface area contributed by atoms with Gasteiger partial charge in [-0.25, -0.2) is 0 Å². The first-order chi connectivity index (χ1) is 15.1. The molecule has 3 aromatic rings. The average molecular weight is 457 g/mol. The standard InChI is InChI=1S/C23H22F2N3O3P/c1-27-11-15(8-26-27)17-6-14(21(30)28-9-13(10-28)12-29)7-19-20(17)16-4-2-3-5-18(16)22(19,31)23(24,25)32/h2-8,11,13,29,31H,9-10,12,32H2,1H3. The van der Waals surface area contributed by atoms with E-state index in [1.54, 1.807) is 53.3 Å². The van der Waals surface area contributed by atoms with E-state index in [2.05, 4.69) is 5.10 Å². The molecule has 1 aliphatic heterocycles. The first-order valence-electron chi connectivity index (χ1n) is 10.2. The summed E-state index contributed by atoms with van der Waals surface area (Å²) in [5.41, 5.74) is -3.74. The van der Waals surface area contributed by atoms with Crippen molar-refractivity contribution in [1.82, 2.24) is 14.7 Å². The van der Waals surface area contributed by atoms with Crippen LogP contribution < -0.4 is 0 Å². The Hall–Kier alpha value is -2.67. The van der Waals surface area contributed by atoms with Gasteiger partial charge in [0.2, 0.25) is 0 Å². The molecule has 5 rings (SSSR count). The quantitative estimate of drug-likeness (QED) is 0.591. The van der Waals surface area contributed by atoms with Gasteiger partial charge in [-0.2, -0.15) is 13.9 Å². The number of alkyl halides is 2. The summed E-state index contributed by atoms with van der Waals surface area (Å²) in [6, 6.07) is 9.58. The number of aliphatic hydroxyl groups excluding tert-OH is 1. The third-order valence-electron chi connectivity index (χ3n) is 6.36. The second-order valence-electron chi connectivity index (χ2n) is 8.49. The predicted molar refractivity (Wildman–Crippen MR) is 118 cm³/mol. The zero-order valence-corrected chi connectivity index (χ0v) is 18.4. The molecule has 2 atom stereocenters. The molecule has 6 nitrogen and oxygen atoms in total. The van der Waals surface area contributed by atoms with Crippen LogP contribution >= 0.6 is 9.24 Å². The smallest absolute Gasteiger partial charge is 0.295 e. The highest BCUT2D eigenvalue weighted by atomic mass is 31.0. The van der Waals surface area contributed by atoms with Gasteiger partial charge in [-0.3, -0.25) is 9.48 Å². The number of aromatic nitrogens is 2. The molecule has 9 heteroatoms. The highest BCUT2D eigenvalue weighted by Crippen LogP contribution is 2.58. The van der Waals surface area contributed by atoms with Gasteiger partial charge in [-0.1, -0.05) is 33.5 Å². The molecule has 1 amide bonds. The molecule has 1 aromatic heterocycles. The van der Waals surface area contributed by atoms with Crippen LogP contribution in [0.25, 0.3) is 22.3 Å². The topological polar surface area (TPSA) is 78.6 Å². The summed E-state index contributed by atoms with van der Waals surface area (Å²) in [7, 11) is 3.19. The normalized spacial score (nSPS) is 20.1. The van der Waals surface area contributed by atoms with Crippen molar-refractivity contribution in [3.63, 3.8) is 0 Å². The molecular formula is C23H22F2N3O3P. The van der Waals surface area contributed by atoms with Crippen molar-refractivity contribution in [3.05, 3.63) is 65.5 Å². The number of amides is 1. The Morgan fingerprint density at radius 2 is 1.97 bits per heavy atom. The van der Waals surface area contributed by atoms with E-state index in [-0.39, 0.29) is 35.1 Å². The Labute approximate surface area is 185 Å². The van der Waals surface area contributed by atoms with E-state index in [9.17, 15) is 23.8 Å². The van der Waals surface area contributed by atoms with Gasteiger partial charge in [0.1, 0.15) is 0 Å². The molecule has 0 bridgehead atoms. The summed E-state index contributed by atoms with van der Waals surface area (Å²) < 4.78 is 31.5. The van der Waals surface area contributed by atoms with Crippen LogP contribution in [0.5, 0.6) is 0 Å². The van der Waals surface area contributed by atoms with E-state index in [4.69, 9.17) is 0 Å². The average Bonchev–Trinajstić information content (AvgIpc) is 3.27. The number of aryl methyl sites for hydroxylation is 1. The Balaban J connectivity index is 1.76. The van der Waals surface area contributed by atoms with Crippen molar-refractivity contribution >= 4 is 15.1 Å². The molecule has 1 fully saturated rings. The molecule has 2 aliphatic rings. The number of fused-ring (bicyclic) bond motifs is 3. The summed E-state index contributed by atoms with van der Waals surface area (Å²) in [6.45, 7) is 0.793. The van der Waals surface area contributed by atoms with Gasteiger partial charge in [0.05, 0.1) is 6.20 Å². The van der Waals surface area contributed by atoms with Crippen LogP contribution in [-0.4, -0.2) is 56.2 Å². The van der Waals surface area contributed by atoms with Crippen molar-refractivity contribution in [2.45, 2.75) is 11.3 Å². The molecule has 2 unspecified atom stereocenters. The van der Waals surface area contributed by atoms with E-state index in [0.29, 0.717) is 35.3 Å². The number of carbonyl (C=O) groups excluding carboxylic acids is 1. The molecule has 32 heavy (non-hydrogen) atoms. The minimum absolute atomic E-state index is 0.0107. The van der Waals surface area contributed by atoms with E-state index < -0.39 is 11.3 Å². The molecule has 2 N–H and O–H groups in total. The van der Waals surface area contributed by atoms with E-state index in [0.717, 1.165) is 0 Å². The predicted octanol–water partition coefficient (Wildman–Crippen LogP) is 2.84. The number of rotatable bonds is 4. The van der Waals surface area contributed by atoms with Gasteiger partial charge in [-0.15, -0.1) is 0 Å². The van der Waals surface area contributed by atoms with E-state index in [1.165, 1.54) is 21.4 Å².